The van der Waals surface area contributed by atoms with Crippen LogP contribution in [0.5, 0.6) is 0 Å². The number of fused-ring (bicyclic) bond motifs is 1. The molecule has 0 unspecified atom stereocenters. The molecular formula is C23H27N7. The fraction of sp³-hybridized carbons (Fsp3) is 0.348. The molecule has 5 rings (SSSR count). The third-order valence-corrected chi connectivity index (χ3v) is 5.98. The largest absolute Gasteiger partial charge is 0.299 e. The average Bonchev–Trinajstić information content (AvgIpc) is 3.42. The number of rotatable bonds is 5. The average molecular weight is 402 g/mol. The van der Waals surface area contributed by atoms with E-state index < -0.39 is 0 Å². The fourth-order valence-corrected chi connectivity index (χ4v) is 4.26. The summed E-state index contributed by atoms with van der Waals surface area (Å²) in [6.45, 7) is 7.00. The number of likely N-dealkylation sites (N-methyl/N-ethyl adjacent to an activating group) is 1. The number of nitrogens with zero attached hydrogens (tertiary/aromatic N) is 7. The maximum Gasteiger partial charge on any atom is 0.137 e. The van der Waals surface area contributed by atoms with Crippen molar-refractivity contribution in [3.8, 4) is 11.3 Å². The van der Waals surface area contributed by atoms with E-state index in [9.17, 15) is 0 Å². The zero-order valence-corrected chi connectivity index (χ0v) is 17.5. The van der Waals surface area contributed by atoms with Crippen molar-refractivity contribution >= 4 is 5.65 Å². The van der Waals surface area contributed by atoms with Gasteiger partial charge in [-0.15, -0.1) is 0 Å². The van der Waals surface area contributed by atoms with E-state index in [0.29, 0.717) is 0 Å². The van der Waals surface area contributed by atoms with Crippen LogP contribution in [0.4, 0.5) is 0 Å². The number of aromatic nitrogens is 5. The molecule has 4 aromatic rings. The normalized spacial score (nSPS) is 18.3. The topological polar surface area (TPSA) is 54.5 Å². The molecule has 0 aliphatic carbocycles. The van der Waals surface area contributed by atoms with Gasteiger partial charge in [0, 0.05) is 68.6 Å². The third kappa shape index (κ3) is 3.62. The number of aryl methyl sites for hydroxylation is 1. The van der Waals surface area contributed by atoms with Crippen molar-refractivity contribution in [2.45, 2.75) is 26.1 Å². The van der Waals surface area contributed by atoms with Crippen LogP contribution < -0.4 is 0 Å². The maximum atomic E-state index is 4.99. The van der Waals surface area contributed by atoms with E-state index in [1.54, 1.807) is 0 Å². The molecule has 0 N–H and O–H groups in total. The summed E-state index contributed by atoms with van der Waals surface area (Å²) in [6, 6.07) is 10.6. The molecule has 5 heterocycles. The summed E-state index contributed by atoms with van der Waals surface area (Å²) in [4.78, 5) is 14.1. The minimum Gasteiger partial charge on any atom is -0.299 e. The summed E-state index contributed by atoms with van der Waals surface area (Å²) >= 11 is 0. The number of hydrogen-bond acceptors (Lipinski definition) is 5. The van der Waals surface area contributed by atoms with Crippen LogP contribution in [0.15, 0.2) is 61.3 Å². The van der Waals surface area contributed by atoms with Gasteiger partial charge in [-0.3, -0.25) is 23.9 Å². The molecule has 1 fully saturated rings. The minimum absolute atomic E-state index is 0.269. The molecule has 7 nitrogen and oxygen atoms in total. The predicted octanol–water partition coefficient (Wildman–Crippen LogP) is 3.10. The molecule has 1 atom stereocenters. The highest BCUT2D eigenvalue weighted by molar-refractivity contribution is 5.63. The molecule has 7 heteroatoms. The number of hydrogen-bond donors (Lipinski definition) is 0. The first kappa shape index (κ1) is 19.0. The second kappa shape index (κ2) is 8.01. The molecule has 1 aliphatic rings. The molecule has 0 bridgehead atoms. The van der Waals surface area contributed by atoms with Crippen molar-refractivity contribution in [2.75, 3.05) is 26.7 Å². The summed E-state index contributed by atoms with van der Waals surface area (Å²) < 4.78 is 4.19. The van der Waals surface area contributed by atoms with Gasteiger partial charge in [-0.05, 0) is 38.2 Å². The standard InChI is InChI=1S/C23H27N7/c1-3-29-15-18(13-25-29)14-28-12-11-27(2)22(17-28)20-16-30-21(5-4-6-23(30)26-20)19-7-9-24-10-8-19/h4-10,13,15-16,22H,3,11-12,14,17H2,1-2H3/t22-/m1/s1. The zero-order chi connectivity index (χ0) is 20.5. The van der Waals surface area contributed by atoms with E-state index >= 15 is 0 Å². The van der Waals surface area contributed by atoms with Gasteiger partial charge in [0.05, 0.1) is 23.6 Å². The monoisotopic (exact) mass is 401 g/mol. The van der Waals surface area contributed by atoms with E-state index in [1.807, 2.05) is 35.4 Å². The quantitative estimate of drug-likeness (QED) is 0.514. The highest BCUT2D eigenvalue weighted by Gasteiger charge is 2.28. The van der Waals surface area contributed by atoms with Gasteiger partial charge in [0.2, 0.25) is 0 Å². The van der Waals surface area contributed by atoms with Crippen LogP contribution >= 0.6 is 0 Å². The molecule has 1 aliphatic heterocycles. The van der Waals surface area contributed by atoms with Crippen molar-refractivity contribution < 1.29 is 0 Å². The van der Waals surface area contributed by atoms with Crippen molar-refractivity contribution in [3.05, 3.63) is 72.6 Å². The number of piperazine rings is 1. The maximum absolute atomic E-state index is 4.99. The van der Waals surface area contributed by atoms with E-state index in [4.69, 9.17) is 4.98 Å². The second-order valence-electron chi connectivity index (χ2n) is 7.98. The van der Waals surface area contributed by atoms with Crippen LogP contribution in [0.2, 0.25) is 0 Å². The summed E-state index contributed by atoms with van der Waals surface area (Å²) in [5, 5.41) is 4.42. The molecule has 1 saturated heterocycles. The van der Waals surface area contributed by atoms with Crippen LogP contribution in [-0.4, -0.2) is 60.6 Å². The molecule has 0 radical (unpaired) electrons. The van der Waals surface area contributed by atoms with E-state index in [0.717, 1.165) is 55.3 Å². The predicted molar refractivity (Wildman–Crippen MR) is 117 cm³/mol. The van der Waals surface area contributed by atoms with Crippen LogP contribution in [-0.2, 0) is 13.1 Å². The Hall–Kier alpha value is -3.03. The summed E-state index contributed by atoms with van der Waals surface area (Å²) in [5.74, 6) is 0. The Balaban J connectivity index is 1.42. The smallest absolute Gasteiger partial charge is 0.137 e. The van der Waals surface area contributed by atoms with Gasteiger partial charge < -0.3 is 0 Å². The van der Waals surface area contributed by atoms with Crippen LogP contribution in [0.3, 0.4) is 0 Å². The lowest BCUT2D eigenvalue weighted by atomic mass is 10.1. The molecule has 154 valence electrons. The third-order valence-electron chi connectivity index (χ3n) is 5.98. The Morgan fingerprint density at radius 2 is 1.93 bits per heavy atom. The SMILES string of the molecule is CCn1cc(CN2CCN(C)[C@@H](c3cn4c(-c5ccncc5)cccc4n3)C2)cn1. The van der Waals surface area contributed by atoms with Gasteiger partial charge in [0.25, 0.3) is 0 Å². The Bertz CT molecular complexity index is 1130. The van der Waals surface area contributed by atoms with E-state index in [-0.39, 0.29) is 6.04 Å². The first-order chi connectivity index (χ1) is 14.7. The molecular weight excluding hydrogens is 374 g/mol. The lowest BCUT2D eigenvalue weighted by Gasteiger charge is -2.38. The first-order valence-electron chi connectivity index (χ1n) is 10.5. The molecule has 0 saturated carbocycles. The van der Waals surface area contributed by atoms with E-state index in [2.05, 4.69) is 68.8 Å². The second-order valence-corrected chi connectivity index (χ2v) is 7.98. The van der Waals surface area contributed by atoms with Gasteiger partial charge in [0.15, 0.2) is 0 Å². The first-order valence-corrected chi connectivity index (χ1v) is 10.5. The number of imidazole rings is 1. The van der Waals surface area contributed by atoms with E-state index in [1.165, 1.54) is 5.56 Å². The van der Waals surface area contributed by atoms with Crippen LogP contribution in [0, 0.1) is 0 Å². The molecule has 0 aromatic carbocycles. The zero-order valence-electron chi connectivity index (χ0n) is 17.5. The Morgan fingerprint density at radius 3 is 2.73 bits per heavy atom. The van der Waals surface area contributed by atoms with Crippen LogP contribution in [0.1, 0.15) is 24.2 Å². The minimum atomic E-state index is 0.269. The fourth-order valence-electron chi connectivity index (χ4n) is 4.26. The van der Waals surface area contributed by atoms with Gasteiger partial charge in [-0.2, -0.15) is 5.10 Å². The van der Waals surface area contributed by atoms with Gasteiger partial charge >= 0.3 is 0 Å². The molecule has 0 amide bonds. The molecule has 4 aromatic heterocycles. The highest BCUT2D eigenvalue weighted by atomic mass is 15.3. The molecule has 30 heavy (non-hydrogen) atoms. The Labute approximate surface area is 176 Å². The van der Waals surface area contributed by atoms with Crippen molar-refractivity contribution in [2.24, 2.45) is 0 Å². The number of pyridine rings is 2. The van der Waals surface area contributed by atoms with Crippen molar-refractivity contribution in [1.82, 2.24) is 33.9 Å². The lowest BCUT2D eigenvalue weighted by molar-refractivity contribution is 0.0885. The Kier molecular flexibility index (Phi) is 5.06. The highest BCUT2D eigenvalue weighted by Crippen LogP contribution is 2.27. The van der Waals surface area contributed by atoms with Crippen molar-refractivity contribution in [1.29, 1.82) is 0 Å². The molecule has 0 spiro atoms. The van der Waals surface area contributed by atoms with Crippen molar-refractivity contribution in [3.63, 3.8) is 0 Å². The summed E-state index contributed by atoms with van der Waals surface area (Å²) in [7, 11) is 2.20. The van der Waals surface area contributed by atoms with Crippen LogP contribution in [0.25, 0.3) is 16.9 Å². The lowest BCUT2D eigenvalue weighted by Crippen LogP contribution is -2.46. The summed E-state index contributed by atoms with van der Waals surface area (Å²) in [6.07, 6.45) is 10.0. The Morgan fingerprint density at radius 1 is 1.07 bits per heavy atom. The van der Waals surface area contributed by atoms with Gasteiger partial charge in [-0.1, -0.05) is 6.07 Å². The van der Waals surface area contributed by atoms with Gasteiger partial charge in [-0.25, -0.2) is 4.98 Å². The van der Waals surface area contributed by atoms with Gasteiger partial charge in [0.1, 0.15) is 5.65 Å². The summed E-state index contributed by atoms with van der Waals surface area (Å²) in [5.41, 5.74) is 5.65.